The van der Waals surface area contributed by atoms with Crippen LogP contribution in [-0.2, 0) is 31.9 Å². The smallest absolute Gasteiger partial charge is 0.332 e. The van der Waals surface area contributed by atoms with Crippen molar-refractivity contribution in [1.82, 2.24) is 23.6 Å². The Hall–Kier alpha value is -1.97. The maximum atomic E-state index is 12.7. The summed E-state index contributed by atoms with van der Waals surface area (Å²) < 4.78 is 10.1. The van der Waals surface area contributed by atoms with Crippen molar-refractivity contribution in [1.29, 1.82) is 0 Å². The number of hydrogen-bond donors (Lipinski definition) is 1. The Morgan fingerprint density at radius 3 is 2.42 bits per heavy atom. The summed E-state index contributed by atoms with van der Waals surface area (Å²) in [5.41, 5.74) is 0.0470. The zero-order valence-corrected chi connectivity index (χ0v) is 15.8. The molecule has 2 aromatic heterocycles. The highest BCUT2D eigenvalue weighted by Gasteiger charge is 2.25. The molecular weight excluding hydrogens is 338 g/mol. The van der Waals surface area contributed by atoms with Gasteiger partial charge in [0, 0.05) is 40.3 Å². The van der Waals surface area contributed by atoms with Crippen molar-refractivity contribution in [2.45, 2.75) is 45.6 Å². The minimum Gasteiger partial charge on any atom is -0.396 e. The zero-order chi connectivity index (χ0) is 19.0. The van der Waals surface area contributed by atoms with Crippen molar-refractivity contribution in [2.24, 2.45) is 14.1 Å². The Kier molecular flexibility index (Phi) is 5.31. The second-order valence-electron chi connectivity index (χ2n) is 7.09. The molecule has 3 heterocycles. The molecule has 0 aliphatic carbocycles. The highest BCUT2D eigenvalue weighted by Crippen LogP contribution is 2.17. The first-order valence-corrected chi connectivity index (χ1v) is 8.97. The van der Waals surface area contributed by atoms with Crippen molar-refractivity contribution >= 4 is 11.2 Å². The topological polar surface area (TPSA) is 94.5 Å². The van der Waals surface area contributed by atoms with E-state index in [-0.39, 0.29) is 24.4 Å². The Morgan fingerprint density at radius 2 is 1.81 bits per heavy atom. The third kappa shape index (κ3) is 3.34. The Bertz CT molecular complexity index is 902. The van der Waals surface area contributed by atoms with Gasteiger partial charge in [0.05, 0.1) is 18.8 Å². The number of aryl methyl sites for hydroxylation is 2. The van der Waals surface area contributed by atoms with E-state index in [4.69, 9.17) is 4.74 Å². The molecule has 26 heavy (non-hydrogen) atoms. The second kappa shape index (κ2) is 7.34. The van der Waals surface area contributed by atoms with Crippen LogP contribution in [0.2, 0.25) is 0 Å². The van der Waals surface area contributed by atoms with Crippen LogP contribution >= 0.6 is 0 Å². The van der Waals surface area contributed by atoms with Crippen molar-refractivity contribution in [3.63, 3.8) is 0 Å². The minimum absolute atomic E-state index is 0.0246. The Morgan fingerprint density at radius 1 is 1.15 bits per heavy atom. The zero-order valence-electron chi connectivity index (χ0n) is 15.8. The molecule has 0 saturated carbocycles. The van der Waals surface area contributed by atoms with Crippen LogP contribution in [0.1, 0.15) is 26.1 Å². The number of fused-ring (bicyclic) bond motifs is 1. The van der Waals surface area contributed by atoms with Gasteiger partial charge in [-0.1, -0.05) is 0 Å². The van der Waals surface area contributed by atoms with Crippen LogP contribution in [0.3, 0.4) is 0 Å². The van der Waals surface area contributed by atoms with Crippen molar-refractivity contribution in [3.8, 4) is 0 Å². The number of imidazole rings is 1. The van der Waals surface area contributed by atoms with Gasteiger partial charge in [-0.3, -0.25) is 18.8 Å². The molecule has 3 rings (SSSR count). The predicted octanol–water partition coefficient (Wildman–Crippen LogP) is -0.575. The summed E-state index contributed by atoms with van der Waals surface area (Å²) in [6.45, 7) is 6.71. The van der Waals surface area contributed by atoms with Crippen molar-refractivity contribution in [2.75, 3.05) is 19.7 Å². The molecule has 0 aromatic carbocycles. The number of hydrogen-bond acceptors (Lipinski definition) is 6. The average molecular weight is 365 g/mol. The maximum Gasteiger partial charge on any atom is 0.332 e. The number of aromatic nitrogens is 4. The predicted molar refractivity (Wildman–Crippen MR) is 97.2 cm³/mol. The fourth-order valence-corrected chi connectivity index (χ4v) is 3.70. The summed E-state index contributed by atoms with van der Waals surface area (Å²) in [7, 11) is 3.09. The number of nitrogens with zero attached hydrogens (tertiary/aromatic N) is 5. The molecular formula is C17H27N5O4. The molecule has 0 amide bonds. The van der Waals surface area contributed by atoms with Gasteiger partial charge in [-0.25, -0.2) is 9.78 Å². The van der Waals surface area contributed by atoms with E-state index in [1.54, 1.807) is 7.05 Å². The van der Waals surface area contributed by atoms with E-state index < -0.39 is 5.69 Å². The minimum atomic E-state index is -0.394. The Balaban J connectivity index is 2.09. The molecule has 1 fully saturated rings. The highest BCUT2D eigenvalue weighted by atomic mass is 16.5. The van der Waals surface area contributed by atoms with Crippen LogP contribution in [-0.4, -0.2) is 60.6 Å². The maximum absolute atomic E-state index is 12.7. The fourth-order valence-electron chi connectivity index (χ4n) is 3.70. The monoisotopic (exact) mass is 365 g/mol. The van der Waals surface area contributed by atoms with E-state index in [0.717, 1.165) is 23.5 Å². The second-order valence-corrected chi connectivity index (χ2v) is 7.09. The Labute approximate surface area is 151 Å². The molecule has 144 valence electrons. The fraction of sp³-hybridized carbons (Fsp3) is 0.706. The van der Waals surface area contributed by atoms with Gasteiger partial charge in [-0.05, 0) is 20.3 Å². The summed E-state index contributed by atoms with van der Waals surface area (Å²) in [6.07, 6.45) is 0.776. The molecule has 2 atom stereocenters. The van der Waals surface area contributed by atoms with Crippen LogP contribution in [0.4, 0.5) is 0 Å². The summed E-state index contributed by atoms with van der Waals surface area (Å²) in [4.78, 5) is 31.8. The van der Waals surface area contributed by atoms with Gasteiger partial charge in [-0.15, -0.1) is 0 Å². The van der Waals surface area contributed by atoms with Crippen molar-refractivity contribution < 1.29 is 9.84 Å². The lowest BCUT2D eigenvalue weighted by Crippen LogP contribution is -2.45. The summed E-state index contributed by atoms with van der Waals surface area (Å²) in [5, 5.41) is 9.24. The summed E-state index contributed by atoms with van der Waals surface area (Å²) >= 11 is 0. The number of morpholine rings is 1. The molecule has 2 aromatic rings. The molecule has 0 spiro atoms. The SMILES string of the molecule is C[C@@H]1CN(Cc2nc3c(c(=O)n(C)c(=O)n3C)n2CCCO)C[C@H](C)O1. The van der Waals surface area contributed by atoms with Gasteiger partial charge in [-0.2, -0.15) is 0 Å². The van der Waals surface area contributed by atoms with Crippen LogP contribution in [0, 0.1) is 0 Å². The third-order valence-electron chi connectivity index (χ3n) is 4.83. The number of aliphatic hydroxyl groups is 1. The van der Waals surface area contributed by atoms with Gasteiger partial charge >= 0.3 is 5.69 Å². The number of rotatable bonds is 5. The van der Waals surface area contributed by atoms with Gasteiger partial charge in [0.25, 0.3) is 5.56 Å². The van der Waals surface area contributed by atoms with E-state index >= 15 is 0 Å². The normalized spacial score (nSPS) is 21.6. The first kappa shape index (κ1) is 18.8. The lowest BCUT2D eigenvalue weighted by atomic mass is 10.2. The first-order valence-electron chi connectivity index (χ1n) is 8.97. The molecule has 0 radical (unpaired) electrons. The van der Waals surface area contributed by atoms with Gasteiger partial charge in [0.15, 0.2) is 11.2 Å². The molecule has 1 N–H and O–H groups in total. The number of ether oxygens (including phenoxy) is 1. The van der Waals surface area contributed by atoms with Crippen LogP contribution in [0.15, 0.2) is 9.59 Å². The van der Waals surface area contributed by atoms with E-state index in [1.807, 2.05) is 18.4 Å². The average Bonchev–Trinajstić information content (AvgIpc) is 2.93. The lowest BCUT2D eigenvalue weighted by Gasteiger charge is -2.35. The van der Waals surface area contributed by atoms with Gasteiger partial charge in [0.2, 0.25) is 0 Å². The third-order valence-corrected chi connectivity index (χ3v) is 4.83. The standard InChI is InChI=1S/C17H27N5O4/c1-11-8-21(9-12(2)26-11)10-13-18-15-14(22(13)6-5-7-23)16(24)20(4)17(25)19(15)3/h11-12,23H,5-10H2,1-4H3/t11-,12+. The van der Waals surface area contributed by atoms with Gasteiger partial charge < -0.3 is 14.4 Å². The molecule has 1 aliphatic rings. The van der Waals surface area contributed by atoms with E-state index in [2.05, 4.69) is 9.88 Å². The molecule has 9 heteroatoms. The van der Waals surface area contributed by atoms with Crippen LogP contribution in [0.5, 0.6) is 0 Å². The molecule has 1 saturated heterocycles. The molecule has 0 unspecified atom stereocenters. The number of aliphatic hydroxyl groups excluding tert-OH is 1. The van der Waals surface area contributed by atoms with Crippen LogP contribution in [0.25, 0.3) is 11.2 Å². The molecule has 1 aliphatic heterocycles. The quantitative estimate of drug-likeness (QED) is 0.762. The van der Waals surface area contributed by atoms with Crippen LogP contribution < -0.4 is 11.2 Å². The summed E-state index contributed by atoms with van der Waals surface area (Å²) in [5.74, 6) is 0.730. The molecule has 9 nitrogen and oxygen atoms in total. The largest absolute Gasteiger partial charge is 0.396 e. The van der Waals surface area contributed by atoms with Crippen molar-refractivity contribution in [3.05, 3.63) is 26.7 Å². The van der Waals surface area contributed by atoms with Gasteiger partial charge in [0.1, 0.15) is 5.82 Å². The summed E-state index contributed by atoms with van der Waals surface area (Å²) in [6, 6.07) is 0. The van der Waals surface area contributed by atoms with E-state index in [9.17, 15) is 14.7 Å². The lowest BCUT2D eigenvalue weighted by molar-refractivity contribution is -0.0712. The highest BCUT2D eigenvalue weighted by molar-refractivity contribution is 5.71. The van der Waals surface area contributed by atoms with E-state index in [0.29, 0.717) is 30.7 Å². The first-order chi connectivity index (χ1) is 12.3. The van der Waals surface area contributed by atoms with E-state index in [1.165, 1.54) is 11.6 Å². The molecule has 0 bridgehead atoms.